The van der Waals surface area contributed by atoms with Crippen molar-refractivity contribution in [1.82, 2.24) is 15.1 Å². The summed E-state index contributed by atoms with van der Waals surface area (Å²) in [6, 6.07) is 16.2. The maximum Gasteiger partial charge on any atom is 0.317 e. The van der Waals surface area contributed by atoms with Gasteiger partial charge in [-0.1, -0.05) is 48.0 Å². The van der Waals surface area contributed by atoms with Gasteiger partial charge in [-0.05, 0) is 23.3 Å². The molecule has 0 saturated carbocycles. The maximum atomic E-state index is 12.7. The molecule has 1 N–H and O–H groups in total. The molecule has 2 saturated heterocycles. The second-order valence-electron chi connectivity index (χ2n) is 7.74. The number of amides is 2. The lowest BCUT2D eigenvalue weighted by Crippen LogP contribution is -2.51. The number of para-hydroxylation sites is 1. The molecule has 6 nitrogen and oxygen atoms in total. The number of benzene rings is 2. The molecule has 0 unspecified atom stereocenters. The van der Waals surface area contributed by atoms with E-state index < -0.39 is 0 Å². The molecule has 0 radical (unpaired) electrons. The van der Waals surface area contributed by atoms with Crippen LogP contribution in [0.5, 0.6) is 0 Å². The molecule has 2 amide bonds. The molecule has 2 aliphatic heterocycles. The Morgan fingerprint density at radius 1 is 0.900 bits per heavy atom. The summed E-state index contributed by atoms with van der Waals surface area (Å²) in [5, 5.41) is 3.87. The molecular formula is C23H29ClN4O2. The maximum absolute atomic E-state index is 12.7. The first-order chi connectivity index (χ1) is 14.7. The van der Waals surface area contributed by atoms with Crippen LogP contribution >= 0.6 is 11.6 Å². The van der Waals surface area contributed by atoms with E-state index in [9.17, 15) is 4.79 Å². The minimum atomic E-state index is -0.00464. The van der Waals surface area contributed by atoms with E-state index in [1.807, 2.05) is 35.2 Å². The van der Waals surface area contributed by atoms with Gasteiger partial charge in [0.15, 0.2) is 0 Å². The fourth-order valence-corrected chi connectivity index (χ4v) is 4.28. The van der Waals surface area contributed by atoms with Gasteiger partial charge in [0, 0.05) is 52.4 Å². The molecule has 7 heteroatoms. The number of nitrogens with zero attached hydrogens (tertiary/aromatic N) is 3. The Labute approximate surface area is 183 Å². The van der Waals surface area contributed by atoms with Crippen LogP contribution < -0.4 is 10.2 Å². The molecule has 160 valence electrons. The van der Waals surface area contributed by atoms with Gasteiger partial charge in [-0.3, -0.25) is 4.90 Å². The van der Waals surface area contributed by atoms with Crippen molar-refractivity contribution in [2.75, 3.05) is 57.4 Å². The van der Waals surface area contributed by atoms with Gasteiger partial charge in [-0.25, -0.2) is 4.79 Å². The smallest absolute Gasteiger partial charge is 0.317 e. The molecule has 2 heterocycles. The number of anilines is 1. The number of urea groups is 1. The van der Waals surface area contributed by atoms with E-state index in [0.717, 1.165) is 56.6 Å². The van der Waals surface area contributed by atoms with E-state index in [0.29, 0.717) is 19.6 Å². The summed E-state index contributed by atoms with van der Waals surface area (Å²) in [6.07, 6.45) is 0. The number of carbonyl (C=O) groups excluding carboxylic acids is 1. The van der Waals surface area contributed by atoms with Crippen LogP contribution in [0.25, 0.3) is 0 Å². The van der Waals surface area contributed by atoms with Crippen LogP contribution in [-0.2, 0) is 17.8 Å². The van der Waals surface area contributed by atoms with Crippen molar-refractivity contribution in [1.29, 1.82) is 0 Å². The highest BCUT2D eigenvalue weighted by atomic mass is 35.5. The molecule has 0 aromatic heterocycles. The standard InChI is InChI=1S/C23H29ClN4O2/c24-21-7-3-4-8-22(21)27-9-11-28(12-10-27)23(29)25-17-19-5-1-2-6-20(19)18-26-13-15-30-16-14-26/h1-8H,9-18H2,(H,25,29). The third-order valence-corrected chi connectivity index (χ3v) is 6.13. The Bertz CT molecular complexity index is 849. The zero-order valence-corrected chi connectivity index (χ0v) is 18.0. The van der Waals surface area contributed by atoms with Gasteiger partial charge in [0.1, 0.15) is 0 Å². The first-order valence-corrected chi connectivity index (χ1v) is 11.0. The molecule has 0 atom stereocenters. The number of hydrogen-bond acceptors (Lipinski definition) is 4. The van der Waals surface area contributed by atoms with Crippen LogP contribution in [0.3, 0.4) is 0 Å². The fraction of sp³-hybridized carbons (Fsp3) is 0.435. The summed E-state index contributed by atoms with van der Waals surface area (Å²) in [4.78, 5) is 19.3. The van der Waals surface area contributed by atoms with E-state index in [2.05, 4.69) is 33.3 Å². The number of nitrogens with one attached hydrogen (secondary N) is 1. The average Bonchev–Trinajstić information content (AvgIpc) is 2.79. The normalized spacial score (nSPS) is 17.8. The number of morpholine rings is 1. The second-order valence-corrected chi connectivity index (χ2v) is 8.15. The van der Waals surface area contributed by atoms with Crippen molar-refractivity contribution in [3.8, 4) is 0 Å². The minimum absolute atomic E-state index is 0.00464. The summed E-state index contributed by atoms with van der Waals surface area (Å²) < 4.78 is 5.44. The fourth-order valence-electron chi connectivity index (χ4n) is 4.03. The lowest BCUT2D eigenvalue weighted by atomic mass is 10.1. The van der Waals surface area contributed by atoms with Gasteiger partial charge in [0.2, 0.25) is 0 Å². The Morgan fingerprint density at radius 3 is 2.30 bits per heavy atom. The van der Waals surface area contributed by atoms with Crippen molar-refractivity contribution in [3.63, 3.8) is 0 Å². The van der Waals surface area contributed by atoms with Gasteiger partial charge >= 0.3 is 6.03 Å². The highest BCUT2D eigenvalue weighted by molar-refractivity contribution is 6.33. The van der Waals surface area contributed by atoms with E-state index in [4.69, 9.17) is 16.3 Å². The van der Waals surface area contributed by atoms with Crippen molar-refractivity contribution < 1.29 is 9.53 Å². The van der Waals surface area contributed by atoms with Gasteiger partial charge in [0.25, 0.3) is 0 Å². The summed E-state index contributed by atoms with van der Waals surface area (Å²) in [7, 11) is 0. The number of ether oxygens (including phenoxy) is 1. The van der Waals surface area contributed by atoms with Gasteiger partial charge < -0.3 is 19.9 Å². The quantitative estimate of drug-likeness (QED) is 0.794. The van der Waals surface area contributed by atoms with E-state index in [-0.39, 0.29) is 6.03 Å². The Balaban J connectivity index is 1.29. The Kier molecular flexibility index (Phi) is 7.10. The number of hydrogen-bond donors (Lipinski definition) is 1. The summed E-state index contributed by atoms with van der Waals surface area (Å²) in [5.74, 6) is 0. The lowest BCUT2D eigenvalue weighted by molar-refractivity contribution is 0.0341. The van der Waals surface area contributed by atoms with Gasteiger partial charge in [0.05, 0.1) is 23.9 Å². The van der Waals surface area contributed by atoms with Gasteiger partial charge in [-0.15, -0.1) is 0 Å². The van der Waals surface area contributed by atoms with Crippen molar-refractivity contribution in [3.05, 3.63) is 64.7 Å². The number of halogens is 1. The van der Waals surface area contributed by atoms with Crippen molar-refractivity contribution in [2.45, 2.75) is 13.1 Å². The Hall–Kier alpha value is -2.28. The lowest BCUT2D eigenvalue weighted by Gasteiger charge is -2.36. The van der Waals surface area contributed by atoms with Crippen LogP contribution in [0.4, 0.5) is 10.5 Å². The van der Waals surface area contributed by atoms with Crippen LogP contribution in [0.2, 0.25) is 5.02 Å². The average molecular weight is 429 g/mol. The van der Waals surface area contributed by atoms with E-state index in [1.165, 1.54) is 11.1 Å². The summed E-state index contributed by atoms with van der Waals surface area (Å²) in [5.41, 5.74) is 3.48. The van der Waals surface area contributed by atoms with Crippen LogP contribution in [-0.4, -0.2) is 68.3 Å². The number of rotatable bonds is 5. The minimum Gasteiger partial charge on any atom is -0.379 e. The first-order valence-electron chi connectivity index (χ1n) is 10.6. The van der Waals surface area contributed by atoms with Crippen molar-refractivity contribution >= 4 is 23.3 Å². The zero-order valence-electron chi connectivity index (χ0n) is 17.2. The molecule has 30 heavy (non-hydrogen) atoms. The highest BCUT2D eigenvalue weighted by Gasteiger charge is 2.22. The molecular weight excluding hydrogens is 400 g/mol. The third kappa shape index (κ3) is 5.25. The van der Waals surface area contributed by atoms with Crippen molar-refractivity contribution in [2.24, 2.45) is 0 Å². The van der Waals surface area contributed by atoms with E-state index >= 15 is 0 Å². The van der Waals surface area contributed by atoms with Crippen LogP contribution in [0, 0.1) is 0 Å². The monoisotopic (exact) mass is 428 g/mol. The van der Waals surface area contributed by atoms with Crippen LogP contribution in [0.15, 0.2) is 48.5 Å². The van der Waals surface area contributed by atoms with E-state index in [1.54, 1.807) is 0 Å². The molecule has 2 aliphatic rings. The topological polar surface area (TPSA) is 48.1 Å². The largest absolute Gasteiger partial charge is 0.379 e. The predicted octanol–water partition coefficient (Wildman–Crippen LogP) is 3.20. The molecule has 2 fully saturated rings. The van der Waals surface area contributed by atoms with Gasteiger partial charge in [-0.2, -0.15) is 0 Å². The molecule has 0 aliphatic carbocycles. The second kappa shape index (κ2) is 10.2. The summed E-state index contributed by atoms with van der Waals surface area (Å²) in [6.45, 7) is 7.87. The molecule has 2 aromatic rings. The molecule has 2 aromatic carbocycles. The number of carbonyl (C=O) groups is 1. The SMILES string of the molecule is O=C(NCc1ccccc1CN1CCOCC1)N1CCN(c2ccccc2Cl)CC1. The molecule has 4 rings (SSSR count). The third-order valence-electron chi connectivity index (χ3n) is 5.81. The van der Waals surface area contributed by atoms with Crippen LogP contribution in [0.1, 0.15) is 11.1 Å². The molecule has 0 bridgehead atoms. The predicted molar refractivity (Wildman–Crippen MR) is 120 cm³/mol. The highest BCUT2D eigenvalue weighted by Crippen LogP contribution is 2.26. The zero-order chi connectivity index (χ0) is 20.8. The molecule has 0 spiro atoms. The number of piperazine rings is 1. The Morgan fingerprint density at radius 2 is 1.57 bits per heavy atom. The summed E-state index contributed by atoms with van der Waals surface area (Å²) >= 11 is 6.31. The first kappa shape index (κ1) is 21.0.